The largest absolute Gasteiger partial charge is 0.292 e. The highest BCUT2D eigenvalue weighted by Crippen LogP contribution is 2.16. The van der Waals surface area contributed by atoms with Crippen molar-refractivity contribution in [3.8, 4) is 0 Å². The Balaban J connectivity index is 1.99. The maximum absolute atomic E-state index is 12.8. The van der Waals surface area contributed by atoms with Crippen molar-refractivity contribution in [2.75, 3.05) is 0 Å². The molecule has 3 rings (SSSR count). The maximum atomic E-state index is 12.8. The molecule has 9 heteroatoms. The Bertz CT molecular complexity index is 1200. The normalized spacial score (nSPS) is 11.5. The number of nitrogens with zero attached hydrogens (tertiary/aromatic N) is 4. The number of hydrogen-bond donors (Lipinski definition) is 1. The van der Waals surface area contributed by atoms with Gasteiger partial charge in [0.1, 0.15) is 0 Å². The number of nitro groups is 1. The first-order chi connectivity index (χ1) is 14.5. The summed E-state index contributed by atoms with van der Waals surface area (Å²) < 4.78 is 1.23. The first-order valence-electron chi connectivity index (χ1n) is 9.57. The second-order valence-corrected chi connectivity index (χ2v) is 6.57. The van der Waals surface area contributed by atoms with Crippen molar-refractivity contribution in [1.29, 1.82) is 0 Å². The SMILES string of the molecule is CCC/C(=N/NC(=O)c1nn(CC)c(=O)c2ccccc12)c1cccc([N+](=O)[O-])c1. The molecule has 0 spiro atoms. The van der Waals surface area contributed by atoms with Crippen LogP contribution in [0.15, 0.2) is 58.4 Å². The molecule has 0 aliphatic carbocycles. The zero-order valence-corrected chi connectivity index (χ0v) is 16.7. The van der Waals surface area contributed by atoms with Gasteiger partial charge in [-0.15, -0.1) is 0 Å². The molecule has 3 aromatic rings. The Kier molecular flexibility index (Phi) is 6.31. The van der Waals surface area contributed by atoms with Gasteiger partial charge in [0, 0.05) is 29.6 Å². The summed E-state index contributed by atoms with van der Waals surface area (Å²) in [6.07, 6.45) is 1.25. The number of hydrogen-bond acceptors (Lipinski definition) is 6. The predicted octanol–water partition coefficient (Wildman–Crippen LogP) is 3.26. The second-order valence-electron chi connectivity index (χ2n) is 6.57. The van der Waals surface area contributed by atoms with Gasteiger partial charge in [-0.1, -0.05) is 43.7 Å². The highest BCUT2D eigenvalue weighted by atomic mass is 16.6. The molecule has 0 bridgehead atoms. The van der Waals surface area contributed by atoms with E-state index in [1.165, 1.54) is 16.8 Å². The molecule has 0 saturated heterocycles. The number of aryl methyl sites for hydroxylation is 1. The minimum absolute atomic E-state index is 0.0506. The highest BCUT2D eigenvalue weighted by molar-refractivity contribution is 6.06. The van der Waals surface area contributed by atoms with Crippen LogP contribution in [0.5, 0.6) is 0 Å². The number of non-ortho nitro benzene ring substituents is 1. The van der Waals surface area contributed by atoms with Gasteiger partial charge in [-0.2, -0.15) is 10.2 Å². The van der Waals surface area contributed by atoms with Crippen LogP contribution in [-0.4, -0.2) is 26.3 Å². The molecular formula is C21H21N5O4. The molecule has 0 atom stereocenters. The van der Waals surface area contributed by atoms with E-state index in [0.29, 0.717) is 35.0 Å². The summed E-state index contributed by atoms with van der Waals surface area (Å²) in [7, 11) is 0. The average Bonchev–Trinajstić information content (AvgIpc) is 2.77. The molecule has 0 unspecified atom stereocenters. The zero-order chi connectivity index (χ0) is 21.7. The van der Waals surface area contributed by atoms with Crippen molar-refractivity contribution in [3.05, 3.63) is 80.3 Å². The Hall–Kier alpha value is -3.88. The van der Waals surface area contributed by atoms with E-state index in [1.807, 2.05) is 6.92 Å². The summed E-state index contributed by atoms with van der Waals surface area (Å²) in [5.41, 5.74) is 3.34. The van der Waals surface area contributed by atoms with Crippen LogP contribution in [0.25, 0.3) is 10.8 Å². The molecule has 1 aromatic heterocycles. The highest BCUT2D eigenvalue weighted by Gasteiger charge is 2.17. The summed E-state index contributed by atoms with van der Waals surface area (Å²) in [6.45, 7) is 4.04. The summed E-state index contributed by atoms with van der Waals surface area (Å²) >= 11 is 0. The van der Waals surface area contributed by atoms with E-state index in [2.05, 4.69) is 15.6 Å². The van der Waals surface area contributed by atoms with Crippen molar-refractivity contribution >= 4 is 28.1 Å². The fraction of sp³-hybridized carbons (Fsp3) is 0.238. The molecule has 9 nitrogen and oxygen atoms in total. The van der Waals surface area contributed by atoms with Gasteiger partial charge in [0.2, 0.25) is 0 Å². The molecule has 1 heterocycles. The van der Waals surface area contributed by atoms with Gasteiger partial charge in [0.05, 0.1) is 16.0 Å². The number of rotatable bonds is 7. The molecule has 0 radical (unpaired) electrons. The smallest absolute Gasteiger partial charge is 0.267 e. The minimum Gasteiger partial charge on any atom is -0.267 e. The predicted molar refractivity (Wildman–Crippen MR) is 114 cm³/mol. The first kappa shape index (κ1) is 20.8. The molecule has 0 saturated carbocycles. The van der Waals surface area contributed by atoms with E-state index in [1.54, 1.807) is 43.3 Å². The van der Waals surface area contributed by atoms with Gasteiger partial charge in [-0.25, -0.2) is 10.1 Å². The minimum atomic E-state index is -0.563. The van der Waals surface area contributed by atoms with Gasteiger partial charge in [0.15, 0.2) is 5.69 Å². The lowest BCUT2D eigenvalue weighted by Crippen LogP contribution is -2.29. The van der Waals surface area contributed by atoms with Gasteiger partial charge in [-0.05, 0) is 19.4 Å². The van der Waals surface area contributed by atoms with Crippen molar-refractivity contribution in [3.63, 3.8) is 0 Å². The quantitative estimate of drug-likeness (QED) is 0.366. The fourth-order valence-electron chi connectivity index (χ4n) is 3.09. The first-order valence-corrected chi connectivity index (χ1v) is 9.57. The molecule has 0 aliphatic rings. The zero-order valence-electron chi connectivity index (χ0n) is 16.7. The number of nitrogens with one attached hydrogen (secondary N) is 1. The van der Waals surface area contributed by atoms with E-state index in [-0.39, 0.29) is 16.9 Å². The number of fused-ring (bicyclic) bond motifs is 1. The molecule has 1 amide bonds. The van der Waals surface area contributed by atoms with Crippen LogP contribution in [0.4, 0.5) is 5.69 Å². The van der Waals surface area contributed by atoms with Crippen molar-refractivity contribution in [2.45, 2.75) is 33.2 Å². The molecule has 0 aliphatic heterocycles. The molecule has 2 aromatic carbocycles. The number of hydrazone groups is 1. The monoisotopic (exact) mass is 407 g/mol. The van der Waals surface area contributed by atoms with Crippen LogP contribution in [0.3, 0.4) is 0 Å². The lowest BCUT2D eigenvalue weighted by molar-refractivity contribution is -0.384. The third-order valence-electron chi connectivity index (χ3n) is 4.55. The van der Waals surface area contributed by atoms with Gasteiger partial charge in [-0.3, -0.25) is 19.7 Å². The van der Waals surface area contributed by atoms with E-state index in [0.717, 1.165) is 6.42 Å². The Morgan fingerprint density at radius 3 is 2.57 bits per heavy atom. The van der Waals surface area contributed by atoms with Crippen LogP contribution in [0.2, 0.25) is 0 Å². The standard InChI is InChI=1S/C21H21N5O4/c1-3-8-18(14-9-7-10-15(13-14)26(29)30)22-23-20(27)19-16-11-5-6-12-17(16)21(28)25(4-2)24-19/h5-7,9-13H,3-4,8H2,1-2H3,(H,23,27)/b22-18-. The van der Waals surface area contributed by atoms with E-state index >= 15 is 0 Å². The Morgan fingerprint density at radius 1 is 1.17 bits per heavy atom. The second kappa shape index (κ2) is 9.08. The molecular weight excluding hydrogens is 386 g/mol. The van der Waals surface area contributed by atoms with Crippen molar-refractivity contribution < 1.29 is 9.72 Å². The summed E-state index contributed by atoms with van der Waals surface area (Å²) in [6, 6.07) is 12.9. The number of carbonyl (C=O) groups excluding carboxylic acids is 1. The molecule has 30 heavy (non-hydrogen) atoms. The Morgan fingerprint density at radius 2 is 1.90 bits per heavy atom. The number of nitro benzene ring substituents is 1. The van der Waals surface area contributed by atoms with E-state index < -0.39 is 10.8 Å². The maximum Gasteiger partial charge on any atom is 0.292 e. The number of benzene rings is 2. The molecule has 0 fully saturated rings. The van der Waals surface area contributed by atoms with Crippen LogP contribution >= 0.6 is 0 Å². The summed E-state index contributed by atoms with van der Waals surface area (Å²) in [4.78, 5) is 35.9. The van der Waals surface area contributed by atoms with Gasteiger partial charge >= 0.3 is 0 Å². The van der Waals surface area contributed by atoms with Gasteiger partial charge < -0.3 is 0 Å². The molecule has 1 N–H and O–H groups in total. The number of amides is 1. The fourth-order valence-corrected chi connectivity index (χ4v) is 3.09. The third kappa shape index (κ3) is 4.24. The molecule has 154 valence electrons. The van der Waals surface area contributed by atoms with Crippen LogP contribution in [0, 0.1) is 10.1 Å². The Labute approximate surface area is 172 Å². The van der Waals surface area contributed by atoms with Gasteiger partial charge in [0.25, 0.3) is 17.2 Å². The van der Waals surface area contributed by atoms with Crippen LogP contribution in [-0.2, 0) is 6.54 Å². The number of aromatic nitrogens is 2. The lowest BCUT2D eigenvalue weighted by Gasteiger charge is -2.10. The summed E-state index contributed by atoms with van der Waals surface area (Å²) in [5, 5.41) is 20.3. The van der Waals surface area contributed by atoms with Crippen LogP contribution in [0.1, 0.15) is 42.7 Å². The summed E-state index contributed by atoms with van der Waals surface area (Å²) in [5.74, 6) is -0.563. The van der Waals surface area contributed by atoms with Crippen molar-refractivity contribution in [1.82, 2.24) is 15.2 Å². The third-order valence-corrected chi connectivity index (χ3v) is 4.55. The average molecular weight is 407 g/mol. The lowest BCUT2D eigenvalue weighted by atomic mass is 10.1. The van der Waals surface area contributed by atoms with E-state index in [4.69, 9.17) is 0 Å². The van der Waals surface area contributed by atoms with Crippen molar-refractivity contribution in [2.24, 2.45) is 5.10 Å². The number of carbonyl (C=O) groups is 1. The van der Waals surface area contributed by atoms with Crippen LogP contribution < -0.4 is 11.0 Å². The van der Waals surface area contributed by atoms with E-state index in [9.17, 15) is 19.7 Å². The topological polar surface area (TPSA) is 119 Å².